The van der Waals surface area contributed by atoms with Gasteiger partial charge in [0.1, 0.15) is 0 Å². The van der Waals surface area contributed by atoms with Crippen molar-refractivity contribution in [3.05, 3.63) is 0 Å². The van der Waals surface area contributed by atoms with Crippen LogP contribution >= 0.6 is 0 Å². The molecule has 2 nitrogen and oxygen atoms in total. The van der Waals surface area contributed by atoms with E-state index in [1.807, 2.05) is 0 Å². The van der Waals surface area contributed by atoms with Crippen molar-refractivity contribution in [2.45, 2.75) is 39.7 Å². The van der Waals surface area contributed by atoms with E-state index in [-0.39, 0.29) is 5.91 Å². The zero-order valence-corrected chi connectivity index (χ0v) is 8.05. The maximum Gasteiger partial charge on any atom is 0.225 e. The first-order valence-electron chi connectivity index (χ1n) is 4.79. The second-order valence-electron chi connectivity index (χ2n) is 5.26. The fourth-order valence-electron chi connectivity index (χ4n) is 2.39. The SMILES string of the molecule is CC(C)(C)[C@@H]1CC2NC(=O)C2C1. The Morgan fingerprint density at radius 3 is 2.42 bits per heavy atom. The number of nitrogens with one attached hydrogen (secondary N) is 1. The molecule has 0 spiro atoms. The molecule has 2 heteroatoms. The van der Waals surface area contributed by atoms with Crippen LogP contribution in [0.5, 0.6) is 0 Å². The Bertz CT molecular complexity index is 216. The lowest BCUT2D eigenvalue weighted by molar-refractivity contribution is -0.133. The van der Waals surface area contributed by atoms with Crippen LogP contribution in [0.15, 0.2) is 0 Å². The molecule has 0 radical (unpaired) electrons. The lowest BCUT2D eigenvalue weighted by atomic mass is 9.79. The largest absolute Gasteiger partial charge is 0.352 e. The van der Waals surface area contributed by atoms with E-state index in [2.05, 4.69) is 26.1 Å². The molecule has 2 unspecified atom stereocenters. The molecule has 1 aliphatic carbocycles. The summed E-state index contributed by atoms with van der Waals surface area (Å²) in [4.78, 5) is 11.1. The Morgan fingerprint density at radius 1 is 1.33 bits per heavy atom. The second-order valence-corrected chi connectivity index (χ2v) is 5.26. The number of hydrogen-bond acceptors (Lipinski definition) is 1. The Hall–Kier alpha value is -0.530. The molecule has 1 saturated carbocycles. The van der Waals surface area contributed by atoms with E-state index in [1.165, 1.54) is 6.42 Å². The molecule has 12 heavy (non-hydrogen) atoms. The smallest absolute Gasteiger partial charge is 0.225 e. The highest BCUT2D eigenvalue weighted by Gasteiger charge is 2.49. The third-order valence-corrected chi connectivity index (χ3v) is 3.45. The third kappa shape index (κ3) is 1.05. The predicted octanol–water partition coefficient (Wildman–Crippen LogP) is 1.56. The van der Waals surface area contributed by atoms with Crippen molar-refractivity contribution in [1.82, 2.24) is 5.32 Å². The molecule has 2 fully saturated rings. The molecule has 0 aromatic heterocycles. The van der Waals surface area contributed by atoms with Gasteiger partial charge in [-0.2, -0.15) is 0 Å². The van der Waals surface area contributed by atoms with Crippen molar-refractivity contribution in [2.24, 2.45) is 17.3 Å². The number of hydrogen-bond donors (Lipinski definition) is 1. The molecular formula is C10H17NO. The molecule has 1 heterocycles. The molecule has 1 amide bonds. The minimum absolute atomic E-state index is 0.284. The molecule has 0 bridgehead atoms. The molecule has 1 N–H and O–H groups in total. The summed E-state index contributed by atoms with van der Waals surface area (Å²) in [6.07, 6.45) is 2.31. The van der Waals surface area contributed by atoms with E-state index < -0.39 is 0 Å². The highest BCUT2D eigenvalue weighted by atomic mass is 16.2. The van der Waals surface area contributed by atoms with Crippen LogP contribution in [-0.4, -0.2) is 11.9 Å². The summed E-state index contributed by atoms with van der Waals surface area (Å²) in [5.74, 6) is 1.37. The Labute approximate surface area is 73.7 Å². The van der Waals surface area contributed by atoms with Crippen molar-refractivity contribution in [3.63, 3.8) is 0 Å². The first kappa shape index (κ1) is 8.09. The monoisotopic (exact) mass is 167 g/mol. The summed E-state index contributed by atoms with van der Waals surface area (Å²) < 4.78 is 0. The van der Waals surface area contributed by atoms with Crippen LogP contribution in [0.3, 0.4) is 0 Å². The molecule has 2 rings (SSSR count). The van der Waals surface area contributed by atoms with Crippen LogP contribution < -0.4 is 5.32 Å². The van der Waals surface area contributed by atoms with Crippen LogP contribution in [0.1, 0.15) is 33.6 Å². The average molecular weight is 167 g/mol. The van der Waals surface area contributed by atoms with Crippen LogP contribution in [0.2, 0.25) is 0 Å². The zero-order valence-electron chi connectivity index (χ0n) is 8.05. The van der Waals surface area contributed by atoms with E-state index in [1.54, 1.807) is 0 Å². The Balaban J connectivity index is 2.03. The first-order valence-corrected chi connectivity index (χ1v) is 4.79. The van der Waals surface area contributed by atoms with Crippen LogP contribution in [0.4, 0.5) is 0 Å². The number of fused-ring (bicyclic) bond motifs is 1. The van der Waals surface area contributed by atoms with E-state index in [9.17, 15) is 4.79 Å². The van der Waals surface area contributed by atoms with Crippen molar-refractivity contribution in [2.75, 3.05) is 0 Å². The summed E-state index contributed by atoms with van der Waals surface area (Å²) in [6.45, 7) is 6.81. The molecule has 3 atom stereocenters. The van der Waals surface area contributed by atoms with Crippen LogP contribution in [-0.2, 0) is 4.79 Å². The van der Waals surface area contributed by atoms with E-state index in [0.29, 0.717) is 17.4 Å². The molecule has 2 aliphatic rings. The summed E-state index contributed by atoms with van der Waals surface area (Å²) in [6, 6.07) is 0.515. The lowest BCUT2D eigenvalue weighted by Gasteiger charge is -2.30. The fraction of sp³-hybridized carbons (Fsp3) is 0.900. The molecule has 0 aromatic carbocycles. The Morgan fingerprint density at radius 2 is 2.00 bits per heavy atom. The summed E-state index contributed by atoms with van der Waals surface area (Å²) in [5, 5.41) is 2.97. The first-order chi connectivity index (χ1) is 5.48. The van der Waals surface area contributed by atoms with Crippen LogP contribution in [0, 0.1) is 17.3 Å². The maximum atomic E-state index is 11.1. The third-order valence-electron chi connectivity index (χ3n) is 3.45. The van der Waals surface area contributed by atoms with Gasteiger partial charge in [0.15, 0.2) is 0 Å². The quantitative estimate of drug-likeness (QED) is 0.545. The minimum atomic E-state index is 0.284. The topological polar surface area (TPSA) is 29.1 Å². The molecule has 68 valence electrons. The maximum absolute atomic E-state index is 11.1. The van der Waals surface area contributed by atoms with E-state index in [4.69, 9.17) is 0 Å². The standard InChI is InChI=1S/C10H17NO/c1-10(2,3)6-4-7-8(5-6)11-9(7)12/h6-8H,4-5H2,1-3H3,(H,11,12)/t6-,7?,8?/m0/s1. The normalized spacial score (nSPS) is 40.2. The summed E-state index contributed by atoms with van der Waals surface area (Å²) >= 11 is 0. The zero-order chi connectivity index (χ0) is 8.93. The lowest BCUT2D eigenvalue weighted by Crippen LogP contribution is -2.54. The van der Waals surface area contributed by atoms with Gasteiger partial charge in [0.25, 0.3) is 0 Å². The van der Waals surface area contributed by atoms with Gasteiger partial charge < -0.3 is 5.32 Å². The molecule has 1 aliphatic heterocycles. The van der Waals surface area contributed by atoms with Gasteiger partial charge in [-0.15, -0.1) is 0 Å². The van der Waals surface area contributed by atoms with Crippen LogP contribution in [0.25, 0.3) is 0 Å². The van der Waals surface area contributed by atoms with Gasteiger partial charge in [-0.1, -0.05) is 20.8 Å². The van der Waals surface area contributed by atoms with Gasteiger partial charge >= 0.3 is 0 Å². The van der Waals surface area contributed by atoms with Gasteiger partial charge in [0, 0.05) is 6.04 Å². The predicted molar refractivity (Wildman–Crippen MR) is 47.6 cm³/mol. The number of carbonyl (C=O) groups excluding carboxylic acids is 1. The minimum Gasteiger partial charge on any atom is -0.352 e. The van der Waals surface area contributed by atoms with Gasteiger partial charge in [-0.25, -0.2) is 0 Å². The van der Waals surface area contributed by atoms with Crippen molar-refractivity contribution < 1.29 is 4.79 Å². The van der Waals surface area contributed by atoms with Crippen molar-refractivity contribution in [3.8, 4) is 0 Å². The average Bonchev–Trinajstić information content (AvgIpc) is 2.24. The molecule has 1 saturated heterocycles. The number of amides is 1. The number of rotatable bonds is 0. The number of β-lactam (4-membered cyclic amide) rings is 1. The van der Waals surface area contributed by atoms with Gasteiger partial charge in [-0.05, 0) is 24.2 Å². The fourth-order valence-corrected chi connectivity index (χ4v) is 2.39. The van der Waals surface area contributed by atoms with Gasteiger partial charge in [-0.3, -0.25) is 4.79 Å². The van der Waals surface area contributed by atoms with Gasteiger partial charge in [0.2, 0.25) is 5.91 Å². The second kappa shape index (κ2) is 2.24. The van der Waals surface area contributed by atoms with E-state index in [0.717, 1.165) is 12.3 Å². The molecule has 0 aromatic rings. The van der Waals surface area contributed by atoms with E-state index >= 15 is 0 Å². The van der Waals surface area contributed by atoms with Crippen molar-refractivity contribution in [1.29, 1.82) is 0 Å². The summed E-state index contributed by atoms with van der Waals surface area (Å²) in [7, 11) is 0. The number of carbonyl (C=O) groups is 1. The highest BCUT2D eigenvalue weighted by Crippen LogP contribution is 2.45. The highest BCUT2D eigenvalue weighted by molar-refractivity contribution is 5.86. The van der Waals surface area contributed by atoms with Crippen molar-refractivity contribution >= 4 is 5.91 Å². The van der Waals surface area contributed by atoms with Gasteiger partial charge in [0.05, 0.1) is 5.92 Å². The summed E-state index contributed by atoms with van der Waals surface area (Å²) in [5.41, 5.74) is 0.374. The Kier molecular flexibility index (Phi) is 1.51. The molecular weight excluding hydrogens is 150 g/mol.